The predicted octanol–water partition coefficient (Wildman–Crippen LogP) is 2.58. The van der Waals surface area contributed by atoms with Gasteiger partial charge in [-0.05, 0) is 43.3 Å². The molecule has 0 saturated heterocycles. The summed E-state index contributed by atoms with van der Waals surface area (Å²) in [6.45, 7) is 2.83. The number of hydrazone groups is 1. The predicted molar refractivity (Wildman–Crippen MR) is 118 cm³/mol. The van der Waals surface area contributed by atoms with Crippen LogP contribution in [0.25, 0.3) is 0 Å². The van der Waals surface area contributed by atoms with Crippen molar-refractivity contribution in [3.63, 3.8) is 0 Å². The van der Waals surface area contributed by atoms with Gasteiger partial charge in [-0.3, -0.25) is 9.80 Å². The summed E-state index contributed by atoms with van der Waals surface area (Å²) in [5, 5.41) is 8.78. The van der Waals surface area contributed by atoms with E-state index in [2.05, 4.69) is 10.4 Å². The number of esters is 1. The molecule has 0 spiro atoms. The molecule has 1 atom stereocenters. The zero-order chi connectivity index (χ0) is 20.6. The van der Waals surface area contributed by atoms with Crippen molar-refractivity contribution in [1.82, 2.24) is 0 Å². The number of rotatable bonds is 8. The van der Waals surface area contributed by atoms with Crippen molar-refractivity contribution in [3.8, 4) is 5.75 Å². The number of anilines is 2. The number of benzene rings is 2. The molecular weight excluding hydrogens is 408 g/mol. The average Bonchev–Trinajstić information content (AvgIpc) is 3.20. The third-order valence-electron chi connectivity index (χ3n) is 4.25. The van der Waals surface area contributed by atoms with Crippen molar-refractivity contribution in [1.29, 1.82) is 0 Å². The molecule has 3 N–H and O–H groups in total. The Hall–Kier alpha value is -3.10. The quantitative estimate of drug-likeness (QED) is 0.621. The van der Waals surface area contributed by atoms with E-state index in [9.17, 15) is 9.59 Å². The molecule has 160 valence electrons. The fourth-order valence-corrected chi connectivity index (χ4v) is 2.91. The van der Waals surface area contributed by atoms with Crippen LogP contribution < -0.4 is 20.8 Å². The SMILES string of the molecule is CCOC(=O)C1=NN(c2ccccc2)C(C(=O)Nc2ccc(OCCN)cc2)C1.Cl. The van der Waals surface area contributed by atoms with Crippen LogP contribution in [0, 0.1) is 0 Å². The Morgan fingerprint density at radius 1 is 1.17 bits per heavy atom. The number of nitrogens with one attached hydrogen (secondary N) is 1. The first kappa shape index (κ1) is 23.2. The molecule has 1 aliphatic rings. The van der Waals surface area contributed by atoms with E-state index >= 15 is 0 Å². The molecule has 0 radical (unpaired) electrons. The minimum Gasteiger partial charge on any atom is -0.492 e. The van der Waals surface area contributed by atoms with Gasteiger partial charge in [-0.25, -0.2) is 4.79 Å². The van der Waals surface area contributed by atoms with Gasteiger partial charge in [0.1, 0.15) is 24.1 Å². The van der Waals surface area contributed by atoms with E-state index in [4.69, 9.17) is 15.2 Å². The number of carbonyl (C=O) groups is 2. The van der Waals surface area contributed by atoms with Crippen molar-refractivity contribution >= 4 is 41.4 Å². The van der Waals surface area contributed by atoms with Crippen LogP contribution in [-0.4, -0.2) is 43.4 Å². The summed E-state index contributed by atoms with van der Waals surface area (Å²) in [6.07, 6.45) is 0.164. The molecule has 30 heavy (non-hydrogen) atoms. The minimum atomic E-state index is -0.662. The number of carbonyl (C=O) groups excluding carboxylic acids is 2. The highest BCUT2D eigenvalue weighted by atomic mass is 35.5. The van der Waals surface area contributed by atoms with Gasteiger partial charge in [-0.2, -0.15) is 5.10 Å². The van der Waals surface area contributed by atoms with E-state index in [1.54, 1.807) is 36.2 Å². The Bertz CT molecular complexity index is 874. The maximum atomic E-state index is 13.0. The number of hydrogen-bond acceptors (Lipinski definition) is 7. The van der Waals surface area contributed by atoms with Crippen LogP contribution in [0.1, 0.15) is 13.3 Å². The van der Waals surface area contributed by atoms with Gasteiger partial charge in [0.25, 0.3) is 0 Å². The molecule has 1 aliphatic heterocycles. The van der Waals surface area contributed by atoms with Gasteiger partial charge in [0, 0.05) is 18.7 Å². The smallest absolute Gasteiger partial charge is 0.354 e. The number of para-hydroxylation sites is 1. The van der Waals surface area contributed by atoms with Gasteiger partial charge in [0.2, 0.25) is 5.91 Å². The summed E-state index contributed by atoms with van der Waals surface area (Å²) in [5.74, 6) is -0.106. The first-order chi connectivity index (χ1) is 14.1. The van der Waals surface area contributed by atoms with Gasteiger partial charge in [0.05, 0.1) is 12.3 Å². The Morgan fingerprint density at radius 3 is 2.50 bits per heavy atom. The highest BCUT2D eigenvalue weighted by Gasteiger charge is 2.36. The molecule has 0 fully saturated rings. The lowest BCUT2D eigenvalue weighted by molar-refractivity contribution is -0.135. The molecule has 1 amide bonds. The summed E-state index contributed by atoms with van der Waals surface area (Å²) in [5.41, 5.74) is 6.99. The van der Waals surface area contributed by atoms with Crippen molar-refractivity contribution < 1.29 is 19.1 Å². The Labute approximate surface area is 181 Å². The molecule has 1 unspecified atom stereocenters. The number of nitrogens with two attached hydrogens (primary N) is 1. The number of halogens is 1. The summed E-state index contributed by atoms with van der Waals surface area (Å²) in [6, 6.07) is 15.6. The monoisotopic (exact) mass is 432 g/mol. The number of ether oxygens (including phenoxy) is 2. The lowest BCUT2D eigenvalue weighted by Gasteiger charge is -2.22. The third kappa shape index (κ3) is 5.71. The van der Waals surface area contributed by atoms with E-state index < -0.39 is 12.0 Å². The minimum absolute atomic E-state index is 0. The normalized spacial score (nSPS) is 15.1. The summed E-state index contributed by atoms with van der Waals surface area (Å²) in [7, 11) is 0. The van der Waals surface area contributed by atoms with Crippen molar-refractivity contribution in [3.05, 3.63) is 54.6 Å². The van der Waals surface area contributed by atoms with Crippen molar-refractivity contribution in [2.75, 3.05) is 30.1 Å². The van der Waals surface area contributed by atoms with Crippen LogP contribution in [0.3, 0.4) is 0 Å². The second-order valence-electron chi connectivity index (χ2n) is 6.32. The van der Waals surface area contributed by atoms with Crippen molar-refractivity contribution in [2.45, 2.75) is 19.4 Å². The molecule has 1 heterocycles. The van der Waals surface area contributed by atoms with Gasteiger partial charge < -0.3 is 20.5 Å². The topological polar surface area (TPSA) is 106 Å². The largest absolute Gasteiger partial charge is 0.492 e. The Morgan fingerprint density at radius 2 is 1.87 bits per heavy atom. The molecular formula is C21H25ClN4O4. The fourth-order valence-electron chi connectivity index (χ4n) is 2.91. The van der Waals surface area contributed by atoms with Crippen LogP contribution in [0.4, 0.5) is 11.4 Å². The molecule has 0 aromatic heterocycles. The van der Waals surface area contributed by atoms with Gasteiger partial charge in [0.15, 0.2) is 0 Å². The van der Waals surface area contributed by atoms with Crippen LogP contribution in [0.15, 0.2) is 59.7 Å². The average molecular weight is 433 g/mol. The van der Waals surface area contributed by atoms with Gasteiger partial charge in [-0.1, -0.05) is 18.2 Å². The lowest BCUT2D eigenvalue weighted by Crippen LogP contribution is -2.38. The first-order valence-electron chi connectivity index (χ1n) is 9.45. The standard InChI is InChI=1S/C21H24N4O4.ClH/c1-2-28-21(27)18-14-19(25(24-18)16-6-4-3-5-7-16)20(26)23-15-8-10-17(11-9-15)29-13-12-22;/h3-11,19H,2,12-14,22H2,1H3,(H,23,26);1H. The highest BCUT2D eigenvalue weighted by Crippen LogP contribution is 2.26. The van der Waals surface area contributed by atoms with Gasteiger partial charge >= 0.3 is 5.97 Å². The van der Waals surface area contributed by atoms with Crippen LogP contribution >= 0.6 is 12.4 Å². The third-order valence-corrected chi connectivity index (χ3v) is 4.25. The number of hydrogen-bond donors (Lipinski definition) is 2. The summed E-state index contributed by atoms with van der Waals surface area (Å²) < 4.78 is 10.5. The highest BCUT2D eigenvalue weighted by molar-refractivity contribution is 6.38. The second-order valence-corrected chi connectivity index (χ2v) is 6.32. The molecule has 2 aromatic carbocycles. The van der Waals surface area contributed by atoms with E-state index in [-0.39, 0.29) is 37.1 Å². The molecule has 2 aromatic rings. The maximum Gasteiger partial charge on any atom is 0.354 e. The molecule has 9 heteroatoms. The summed E-state index contributed by atoms with van der Waals surface area (Å²) >= 11 is 0. The zero-order valence-electron chi connectivity index (χ0n) is 16.6. The Balaban J connectivity index is 0.00000320. The maximum absolute atomic E-state index is 13.0. The molecule has 8 nitrogen and oxygen atoms in total. The van der Waals surface area contributed by atoms with E-state index in [1.807, 2.05) is 30.3 Å². The van der Waals surface area contributed by atoms with Crippen LogP contribution in [0.5, 0.6) is 5.75 Å². The van der Waals surface area contributed by atoms with Crippen LogP contribution in [-0.2, 0) is 14.3 Å². The van der Waals surface area contributed by atoms with Crippen LogP contribution in [0.2, 0.25) is 0 Å². The fraction of sp³-hybridized carbons (Fsp3) is 0.286. The number of nitrogens with zero attached hydrogens (tertiary/aromatic N) is 2. The molecule has 0 saturated carbocycles. The molecule has 0 bridgehead atoms. The second kappa shape index (κ2) is 11.2. The molecule has 3 rings (SSSR count). The lowest BCUT2D eigenvalue weighted by atomic mass is 10.1. The van der Waals surface area contributed by atoms with Crippen molar-refractivity contribution in [2.24, 2.45) is 10.8 Å². The summed E-state index contributed by atoms with van der Waals surface area (Å²) in [4.78, 5) is 25.1. The number of amides is 1. The van der Waals surface area contributed by atoms with E-state index in [0.717, 1.165) is 5.69 Å². The molecule has 0 aliphatic carbocycles. The van der Waals surface area contributed by atoms with E-state index in [1.165, 1.54) is 0 Å². The van der Waals surface area contributed by atoms with Gasteiger partial charge in [-0.15, -0.1) is 12.4 Å². The zero-order valence-corrected chi connectivity index (χ0v) is 17.4. The van der Waals surface area contributed by atoms with E-state index in [0.29, 0.717) is 24.6 Å². The first-order valence-corrected chi connectivity index (χ1v) is 9.45. The Kier molecular flexibility index (Phi) is 8.64.